The second-order valence-corrected chi connectivity index (χ2v) is 4.34. The van der Waals surface area contributed by atoms with Gasteiger partial charge < -0.3 is 15.2 Å². The number of anilines is 1. The van der Waals surface area contributed by atoms with Crippen molar-refractivity contribution in [3.8, 4) is 17.6 Å². The SMILES string of the molecule is N#Cc1c(F)cccc1OCCCOc1ccc(N)cc1. The molecule has 0 unspecified atom stereocenters. The summed E-state index contributed by atoms with van der Waals surface area (Å²) in [5.41, 5.74) is 6.18. The molecule has 0 fully saturated rings. The third-order valence-electron chi connectivity index (χ3n) is 2.78. The van der Waals surface area contributed by atoms with Crippen molar-refractivity contribution in [1.29, 1.82) is 5.26 Å². The van der Waals surface area contributed by atoms with Crippen molar-refractivity contribution >= 4 is 5.69 Å². The number of ether oxygens (including phenoxy) is 2. The van der Waals surface area contributed by atoms with Gasteiger partial charge in [0.15, 0.2) is 0 Å². The molecule has 0 saturated carbocycles. The van der Waals surface area contributed by atoms with Crippen LogP contribution < -0.4 is 15.2 Å². The van der Waals surface area contributed by atoms with Gasteiger partial charge in [0.25, 0.3) is 0 Å². The molecule has 2 aromatic carbocycles. The average molecular weight is 286 g/mol. The molecule has 0 aromatic heterocycles. The Bertz CT molecular complexity index is 636. The number of hydrogen-bond donors (Lipinski definition) is 1. The average Bonchev–Trinajstić information content (AvgIpc) is 2.49. The summed E-state index contributed by atoms with van der Waals surface area (Å²) in [5.74, 6) is 0.408. The molecule has 21 heavy (non-hydrogen) atoms. The van der Waals surface area contributed by atoms with Gasteiger partial charge in [-0.1, -0.05) is 6.07 Å². The summed E-state index contributed by atoms with van der Waals surface area (Å²) in [6.07, 6.45) is 0.617. The Morgan fingerprint density at radius 2 is 1.76 bits per heavy atom. The lowest BCUT2D eigenvalue weighted by Gasteiger charge is -2.09. The molecule has 2 aromatic rings. The Morgan fingerprint density at radius 1 is 1.05 bits per heavy atom. The van der Waals surface area contributed by atoms with Crippen LogP contribution in [0.2, 0.25) is 0 Å². The van der Waals surface area contributed by atoms with E-state index in [-0.39, 0.29) is 11.3 Å². The minimum absolute atomic E-state index is 0.0723. The van der Waals surface area contributed by atoms with E-state index in [1.165, 1.54) is 12.1 Å². The Labute approximate surface area is 122 Å². The van der Waals surface area contributed by atoms with Crippen molar-refractivity contribution in [2.75, 3.05) is 18.9 Å². The summed E-state index contributed by atoms with van der Waals surface area (Å²) >= 11 is 0. The van der Waals surface area contributed by atoms with E-state index >= 15 is 0 Å². The van der Waals surface area contributed by atoms with E-state index < -0.39 is 5.82 Å². The van der Waals surface area contributed by atoms with Gasteiger partial charge in [0.05, 0.1) is 13.2 Å². The van der Waals surface area contributed by atoms with E-state index in [0.717, 1.165) is 5.75 Å². The maximum absolute atomic E-state index is 13.3. The Hall–Kier alpha value is -2.74. The van der Waals surface area contributed by atoms with Gasteiger partial charge in [-0.25, -0.2) is 4.39 Å². The number of nitriles is 1. The number of nitrogens with zero attached hydrogens (tertiary/aromatic N) is 1. The van der Waals surface area contributed by atoms with Crippen molar-refractivity contribution in [3.63, 3.8) is 0 Å². The van der Waals surface area contributed by atoms with E-state index in [1.807, 2.05) is 0 Å². The van der Waals surface area contributed by atoms with E-state index in [2.05, 4.69) is 0 Å². The third-order valence-corrected chi connectivity index (χ3v) is 2.78. The van der Waals surface area contributed by atoms with E-state index in [9.17, 15) is 4.39 Å². The molecule has 0 heterocycles. The molecule has 2 N–H and O–H groups in total. The quantitative estimate of drug-likeness (QED) is 0.654. The first-order chi connectivity index (χ1) is 10.2. The predicted molar refractivity (Wildman–Crippen MR) is 77.6 cm³/mol. The molecule has 5 heteroatoms. The second kappa shape index (κ2) is 7.15. The van der Waals surface area contributed by atoms with Gasteiger partial charge in [-0.15, -0.1) is 0 Å². The van der Waals surface area contributed by atoms with Crippen LogP contribution in [0.5, 0.6) is 11.5 Å². The Morgan fingerprint density at radius 3 is 2.48 bits per heavy atom. The fourth-order valence-corrected chi connectivity index (χ4v) is 1.73. The zero-order chi connectivity index (χ0) is 15.1. The number of rotatable bonds is 6. The largest absolute Gasteiger partial charge is 0.493 e. The predicted octanol–water partition coefficient (Wildman–Crippen LogP) is 3.13. The normalized spacial score (nSPS) is 9.90. The highest BCUT2D eigenvalue weighted by Crippen LogP contribution is 2.20. The lowest BCUT2D eigenvalue weighted by Crippen LogP contribution is -2.06. The summed E-state index contributed by atoms with van der Waals surface area (Å²) in [6, 6.07) is 13.2. The molecule has 108 valence electrons. The van der Waals surface area contributed by atoms with E-state index in [0.29, 0.717) is 25.3 Å². The molecule has 0 aliphatic heterocycles. The first-order valence-corrected chi connectivity index (χ1v) is 6.50. The number of nitrogen functional groups attached to an aromatic ring is 1. The first kappa shape index (κ1) is 14.7. The topological polar surface area (TPSA) is 68.3 Å². The van der Waals surface area contributed by atoms with Crippen molar-refractivity contribution in [3.05, 3.63) is 53.8 Å². The molecule has 0 aliphatic rings. The van der Waals surface area contributed by atoms with Crippen molar-refractivity contribution in [2.45, 2.75) is 6.42 Å². The fraction of sp³-hybridized carbons (Fsp3) is 0.188. The third kappa shape index (κ3) is 4.11. The van der Waals surface area contributed by atoms with Crippen LogP contribution in [0.3, 0.4) is 0 Å². The van der Waals surface area contributed by atoms with Crippen molar-refractivity contribution < 1.29 is 13.9 Å². The smallest absolute Gasteiger partial charge is 0.144 e. The van der Waals surface area contributed by atoms with Gasteiger partial charge in [0.1, 0.15) is 28.9 Å². The molecule has 2 rings (SSSR count). The van der Waals surface area contributed by atoms with E-state index in [1.54, 1.807) is 36.4 Å². The summed E-state index contributed by atoms with van der Waals surface area (Å²) in [6.45, 7) is 0.800. The molecular weight excluding hydrogens is 271 g/mol. The van der Waals surface area contributed by atoms with Crippen LogP contribution >= 0.6 is 0 Å². The second-order valence-electron chi connectivity index (χ2n) is 4.34. The van der Waals surface area contributed by atoms with Crippen LogP contribution in [0.25, 0.3) is 0 Å². The number of nitrogens with two attached hydrogens (primary N) is 1. The highest BCUT2D eigenvalue weighted by atomic mass is 19.1. The van der Waals surface area contributed by atoms with Gasteiger partial charge in [0.2, 0.25) is 0 Å². The lowest BCUT2D eigenvalue weighted by atomic mass is 10.2. The summed E-state index contributed by atoms with van der Waals surface area (Å²) in [7, 11) is 0. The number of benzene rings is 2. The van der Waals surface area contributed by atoms with Crippen LogP contribution in [0.15, 0.2) is 42.5 Å². The first-order valence-electron chi connectivity index (χ1n) is 6.50. The monoisotopic (exact) mass is 286 g/mol. The summed E-state index contributed by atoms with van der Waals surface area (Å²) in [4.78, 5) is 0. The number of halogens is 1. The molecule has 4 nitrogen and oxygen atoms in total. The summed E-state index contributed by atoms with van der Waals surface area (Å²) < 4.78 is 24.3. The van der Waals surface area contributed by atoms with Crippen LogP contribution in [0.4, 0.5) is 10.1 Å². The molecule has 0 amide bonds. The van der Waals surface area contributed by atoms with Crippen molar-refractivity contribution in [1.82, 2.24) is 0 Å². The van der Waals surface area contributed by atoms with Gasteiger partial charge in [0, 0.05) is 12.1 Å². The fourth-order valence-electron chi connectivity index (χ4n) is 1.73. The highest BCUT2D eigenvalue weighted by Gasteiger charge is 2.08. The Kier molecular flexibility index (Phi) is 4.99. The molecular formula is C16H15FN2O2. The van der Waals surface area contributed by atoms with Gasteiger partial charge in [-0.2, -0.15) is 5.26 Å². The highest BCUT2D eigenvalue weighted by molar-refractivity contribution is 5.43. The molecule has 0 radical (unpaired) electrons. The molecule has 0 saturated heterocycles. The van der Waals surface area contributed by atoms with Crippen LogP contribution in [0, 0.1) is 17.1 Å². The van der Waals surface area contributed by atoms with Gasteiger partial charge >= 0.3 is 0 Å². The maximum atomic E-state index is 13.3. The van der Waals surface area contributed by atoms with Crippen LogP contribution in [0.1, 0.15) is 12.0 Å². The zero-order valence-electron chi connectivity index (χ0n) is 11.4. The lowest BCUT2D eigenvalue weighted by molar-refractivity contribution is 0.246. The van der Waals surface area contributed by atoms with Gasteiger partial charge in [-0.05, 0) is 36.4 Å². The Balaban J connectivity index is 1.77. The van der Waals surface area contributed by atoms with Crippen molar-refractivity contribution in [2.24, 2.45) is 0 Å². The molecule has 0 spiro atoms. The minimum Gasteiger partial charge on any atom is -0.493 e. The summed E-state index contributed by atoms with van der Waals surface area (Å²) in [5, 5.41) is 8.87. The van der Waals surface area contributed by atoms with Crippen LogP contribution in [-0.2, 0) is 0 Å². The zero-order valence-corrected chi connectivity index (χ0v) is 11.4. The molecule has 0 atom stereocenters. The van der Waals surface area contributed by atoms with Gasteiger partial charge in [-0.3, -0.25) is 0 Å². The van der Waals surface area contributed by atoms with E-state index in [4.69, 9.17) is 20.5 Å². The standard InChI is InChI=1S/C16H15FN2O2/c17-15-3-1-4-16(14(15)11-18)21-10-2-9-20-13-7-5-12(19)6-8-13/h1,3-8H,2,9-10,19H2. The molecule has 0 aliphatic carbocycles. The minimum atomic E-state index is -0.576. The number of hydrogen-bond acceptors (Lipinski definition) is 4. The molecule has 0 bridgehead atoms. The van der Waals surface area contributed by atoms with Crippen LogP contribution in [-0.4, -0.2) is 13.2 Å². The maximum Gasteiger partial charge on any atom is 0.144 e.